The van der Waals surface area contributed by atoms with Crippen molar-refractivity contribution < 1.29 is 29.3 Å². The van der Waals surface area contributed by atoms with Gasteiger partial charge in [-0.3, -0.25) is 4.79 Å². The summed E-state index contributed by atoms with van der Waals surface area (Å²) in [5, 5.41) is 27.1. The van der Waals surface area contributed by atoms with Gasteiger partial charge in [-0.2, -0.15) is 0 Å². The van der Waals surface area contributed by atoms with E-state index in [2.05, 4.69) is 29.5 Å². The second-order valence-corrected chi connectivity index (χ2v) is 11.0. The fraction of sp³-hybridized carbons (Fsp3) is 0.448. The number of ether oxygens (including phenoxy) is 2. The lowest BCUT2D eigenvalue weighted by molar-refractivity contribution is -0.139. The number of para-hydroxylation sites is 1. The van der Waals surface area contributed by atoms with Gasteiger partial charge in [0, 0.05) is 34.9 Å². The van der Waals surface area contributed by atoms with E-state index in [1.165, 1.54) is 0 Å². The maximum atomic E-state index is 12.8. The highest BCUT2D eigenvalue weighted by Crippen LogP contribution is 2.52. The summed E-state index contributed by atoms with van der Waals surface area (Å²) >= 11 is 0. The average molecular weight is 522 g/mol. The molecule has 0 saturated heterocycles. The first-order chi connectivity index (χ1) is 18.2. The number of carbonyl (C=O) groups is 2. The molecule has 0 radical (unpaired) electrons. The zero-order chi connectivity index (χ0) is 26.9. The Labute approximate surface area is 221 Å². The van der Waals surface area contributed by atoms with Crippen LogP contribution in [0.15, 0.2) is 42.6 Å². The predicted octanol–water partition coefficient (Wildman–Crippen LogP) is 3.75. The number of β-amino-alcohol motifs (C(OH)–C–C–N with tert-alkyl or cyclic N) is 1. The van der Waals surface area contributed by atoms with Crippen molar-refractivity contribution in [1.82, 2.24) is 10.3 Å². The third-order valence-corrected chi connectivity index (χ3v) is 7.64. The molecule has 9 heteroatoms. The number of carbonyl (C=O) groups excluding carboxylic acids is 1. The van der Waals surface area contributed by atoms with Crippen LogP contribution in [-0.2, 0) is 21.4 Å². The van der Waals surface area contributed by atoms with E-state index in [1.807, 2.05) is 36.5 Å². The van der Waals surface area contributed by atoms with E-state index in [-0.39, 0.29) is 18.1 Å². The van der Waals surface area contributed by atoms with Crippen molar-refractivity contribution in [2.75, 3.05) is 25.1 Å². The molecule has 3 aromatic rings. The number of hydrogen-bond acceptors (Lipinski definition) is 6. The Morgan fingerprint density at radius 2 is 1.87 bits per heavy atom. The van der Waals surface area contributed by atoms with E-state index in [4.69, 9.17) is 14.6 Å². The van der Waals surface area contributed by atoms with E-state index < -0.39 is 24.1 Å². The molecule has 1 spiro atoms. The SMILES string of the molecule is CC(C)(Cc1c[nH]c2c(OCC(=O)O)cccc12)NC[C@H](O)COc1cccc2c1C1(CCCC1)C(=O)N2. The van der Waals surface area contributed by atoms with Gasteiger partial charge in [0.15, 0.2) is 6.61 Å². The molecule has 202 valence electrons. The number of benzene rings is 2. The van der Waals surface area contributed by atoms with E-state index in [0.29, 0.717) is 24.5 Å². The minimum Gasteiger partial charge on any atom is -0.490 e. The fourth-order valence-corrected chi connectivity index (χ4v) is 5.83. The van der Waals surface area contributed by atoms with Crippen LogP contribution in [-0.4, -0.2) is 58.5 Å². The first-order valence-corrected chi connectivity index (χ1v) is 13.1. The van der Waals surface area contributed by atoms with Crippen LogP contribution in [0.2, 0.25) is 0 Å². The number of rotatable bonds is 11. The molecule has 1 amide bonds. The van der Waals surface area contributed by atoms with Gasteiger partial charge in [0.25, 0.3) is 0 Å². The zero-order valence-electron chi connectivity index (χ0n) is 21.8. The second-order valence-electron chi connectivity index (χ2n) is 11.0. The van der Waals surface area contributed by atoms with Gasteiger partial charge in [0.1, 0.15) is 24.2 Å². The lowest BCUT2D eigenvalue weighted by Crippen LogP contribution is -2.46. The second kappa shape index (κ2) is 10.3. The van der Waals surface area contributed by atoms with Crippen LogP contribution in [0.3, 0.4) is 0 Å². The smallest absolute Gasteiger partial charge is 0.341 e. The minimum absolute atomic E-state index is 0.0582. The summed E-state index contributed by atoms with van der Waals surface area (Å²) in [6.07, 6.45) is 5.54. The monoisotopic (exact) mass is 521 g/mol. The summed E-state index contributed by atoms with van der Waals surface area (Å²) in [4.78, 5) is 26.9. The predicted molar refractivity (Wildman–Crippen MR) is 144 cm³/mol. The highest BCUT2D eigenvalue weighted by Gasteiger charge is 2.50. The number of hydrogen-bond donors (Lipinski definition) is 5. The maximum absolute atomic E-state index is 12.8. The quantitative estimate of drug-likeness (QED) is 0.260. The van der Waals surface area contributed by atoms with Crippen LogP contribution in [0.4, 0.5) is 5.69 Å². The third-order valence-electron chi connectivity index (χ3n) is 7.64. The average Bonchev–Trinajstić information content (AvgIpc) is 3.60. The van der Waals surface area contributed by atoms with Crippen LogP contribution < -0.4 is 20.1 Å². The van der Waals surface area contributed by atoms with E-state index in [9.17, 15) is 14.7 Å². The third kappa shape index (κ3) is 5.08. The molecule has 0 unspecified atom stereocenters. The van der Waals surface area contributed by atoms with Crippen LogP contribution >= 0.6 is 0 Å². The summed E-state index contributed by atoms with van der Waals surface area (Å²) in [7, 11) is 0. The molecule has 2 heterocycles. The number of aromatic amines is 1. The molecule has 1 atom stereocenters. The van der Waals surface area contributed by atoms with Crippen molar-refractivity contribution in [1.29, 1.82) is 0 Å². The Morgan fingerprint density at radius 3 is 2.63 bits per heavy atom. The van der Waals surface area contributed by atoms with Crippen molar-refractivity contribution >= 4 is 28.5 Å². The summed E-state index contributed by atoms with van der Waals surface area (Å²) in [6.45, 7) is 4.17. The standard InChI is InChI=1S/C29H35N3O6/c1-28(2,13-18-14-30-26-20(18)7-5-10-23(26)38-17-24(34)35)31-15-19(33)16-37-22-9-6-8-21-25(22)29(27(36)32-21)11-3-4-12-29/h5-10,14,19,30-31,33H,3-4,11-13,15-17H2,1-2H3,(H,32,36)(H,34,35)/t19-/m0/s1. The topological polar surface area (TPSA) is 133 Å². The number of aliphatic carboxylic acids is 1. The number of nitrogens with one attached hydrogen (secondary N) is 3. The Hall–Kier alpha value is -3.56. The molecule has 1 saturated carbocycles. The molecule has 5 rings (SSSR count). The van der Waals surface area contributed by atoms with Crippen molar-refractivity contribution in [3.63, 3.8) is 0 Å². The molecule has 1 aliphatic heterocycles. The number of anilines is 1. The summed E-state index contributed by atoms with van der Waals surface area (Å²) < 4.78 is 11.5. The van der Waals surface area contributed by atoms with Crippen LogP contribution in [0.25, 0.3) is 10.9 Å². The lowest BCUT2D eigenvalue weighted by Gasteiger charge is -2.28. The number of aromatic nitrogens is 1. The maximum Gasteiger partial charge on any atom is 0.341 e. The van der Waals surface area contributed by atoms with E-state index >= 15 is 0 Å². The number of carboxylic acids is 1. The van der Waals surface area contributed by atoms with Crippen LogP contribution in [0.1, 0.15) is 50.7 Å². The molecule has 2 aromatic carbocycles. The van der Waals surface area contributed by atoms with Gasteiger partial charge in [-0.05, 0) is 56.9 Å². The highest BCUT2D eigenvalue weighted by atomic mass is 16.5. The molecular weight excluding hydrogens is 486 g/mol. The summed E-state index contributed by atoms with van der Waals surface area (Å²) in [5.41, 5.74) is 2.73. The highest BCUT2D eigenvalue weighted by molar-refractivity contribution is 6.07. The number of amides is 1. The van der Waals surface area contributed by atoms with Gasteiger partial charge in [-0.25, -0.2) is 4.79 Å². The number of fused-ring (bicyclic) bond motifs is 3. The number of H-pyrrole nitrogens is 1. The van der Waals surface area contributed by atoms with Gasteiger partial charge in [0.05, 0.1) is 10.9 Å². The van der Waals surface area contributed by atoms with Crippen molar-refractivity contribution in [2.24, 2.45) is 0 Å². The number of aliphatic hydroxyl groups excluding tert-OH is 1. The van der Waals surface area contributed by atoms with Crippen molar-refractivity contribution in [3.05, 3.63) is 53.7 Å². The van der Waals surface area contributed by atoms with Crippen LogP contribution in [0, 0.1) is 0 Å². The largest absolute Gasteiger partial charge is 0.490 e. The Kier molecular flexibility index (Phi) is 7.07. The summed E-state index contributed by atoms with van der Waals surface area (Å²) in [6, 6.07) is 11.2. The fourth-order valence-electron chi connectivity index (χ4n) is 5.83. The Balaban J connectivity index is 1.19. The Bertz CT molecular complexity index is 1340. The molecular formula is C29H35N3O6. The first kappa shape index (κ1) is 26.1. The molecule has 5 N–H and O–H groups in total. The molecule has 38 heavy (non-hydrogen) atoms. The van der Waals surface area contributed by atoms with Gasteiger partial charge >= 0.3 is 5.97 Å². The van der Waals surface area contributed by atoms with Crippen LogP contribution in [0.5, 0.6) is 11.5 Å². The van der Waals surface area contributed by atoms with E-state index in [1.54, 1.807) is 6.07 Å². The summed E-state index contributed by atoms with van der Waals surface area (Å²) in [5.74, 6) is 0.198. The van der Waals surface area contributed by atoms with Crippen molar-refractivity contribution in [3.8, 4) is 11.5 Å². The molecule has 0 bridgehead atoms. The normalized spacial score (nSPS) is 17.0. The number of aliphatic hydroxyl groups is 1. The van der Waals surface area contributed by atoms with E-state index in [0.717, 1.165) is 53.4 Å². The van der Waals surface area contributed by atoms with Gasteiger partial charge in [0.2, 0.25) is 5.91 Å². The van der Waals surface area contributed by atoms with Gasteiger partial charge in [-0.15, -0.1) is 0 Å². The zero-order valence-corrected chi connectivity index (χ0v) is 21.8. The van der Waals surface area contributed by atoms with Gasteiger partial charge in [-0.1, -0.05) is 31.0 Å². The van der Waals surface area contributed by atoms with Crippen molar-refractivity contribution in [2.45, 2.75) is 63.0 Å². The lowest BCUT2D eigenvalue weighted by atomic mass is 9.79. The van der Waals surface area contributed by atoms with Gasteiger partial charge < -0.3 is 35.3 Å². The first-order valence-electron chi connectivity index (χ1n) is 13.1. The number of carboxylic acid groups (broad SMARTS) is 1. The minimum atomic E-state index is -1.03. The molecule has 2 aliphatic rings. The molecule has 1 aromatic heterocycles. The molecule has 1 aliphatic carbocycles. The molecule has 9 nitrogen and oxygen atoms in total. The molecule has 1 fully saturated rings. The Morgan fingerprint density at radius 1 is 1.13 bits per heavy atom.